The molecule has 7 heteroatoms. The molecule has 0 aromatic heterocycles. The van der Waals surface area contributed by atoms with Crippen LogP contribution in [0.1, 0.15) is 17.5 Å². The van der Waals surface area contributed by atoms with E-state index in [1.54, 1.807) is 4.90 Å². The zero-order chi connectivity index (χ0) is 18.2. The maximum atomic E-state index is 13.0. The molecule has 1 N–H and O–H groups in total. The summed E-state index contributed by atoms with van der Waals surface area (Å²) in [7, 11) is -3.88. The smallest absolute Gasteiger partial charge is 0.245 e. The van der Waals surface area contributed by atoms with Crippen LogP contribution in [0.3, 0.4) is 0 Å². The van der Waals surface area contributed by atoms with Crippen LogP contribution in [0, 0.1) is 19.7 Å². The molecule has 132 valence electrons. The molecule has 0 saturated carbocycles. The Morgan fingerprint density at radius 2 is 1.76 bits per heavy atom. The highest BCUT2D eigenvalue weighted by Gasteiger charge is 2.35. The predicted molar refractivity (Wildman–Crippen MR) is 93.4 cm³/mol. The van der Waals surface area contributed by atoms with Crippen LogP contribution in [0.2, 0.25) is 0 Å². The van der Waals surface area contributed by atoms with E-state index in [4.69, 9.17) is 0 Å². The average molecular weight is 362 g/mol. The summed E-state index contributed by atoms with van der Waals surface area (Å²) in [4.78, 5) is 14.1. The highest BCUT2D eigenvalue weighted by Crippen LogP contribution is 2.25. The highest BCUT2D eigenvalue weighted by atomic mass is 32.2. The number of nitrogens with one attached hydrogen (secondary N) is 1. The Balaban J connectivity index is 1.77. The van der Waals surface area contributed by atoms with E-state index in [0.29, 0.717) is 13.0 Å². The van der Waals surface area contributed by atoms with E-state index in [1.165, 1.54) is 12.1 Å². The second-order valence-corrected chi connectivity index (χ2v) is 7.89. The number of carbonyl (C=O) groups is 1. The van der Waals surface area contributed by atoms with E-state index >= 15 is 0 Å². The molecule has 1 atom stereocenters. The van der Waals surface area contributed by atoms with Gasteiger partial charge in [-0.15, -0.1) is 0 Å². The molecule has 1 heterocycles. The Bertz CT molecular complexity index is 910. The standard InChI is InChI=1S/C18H19FN2O3S/c1-12-3-6-15(11-13(12)2)21-10-9-17(18(21)22)20-25(23,24)16-7-4-14(19)5-8-16/h3-8,11,17,20H,9-10H2,1-2H3. The van der Waals surface area contributed by atoms with Gasteiger partial charge in [0.05, 0.1) is 4.90 Å². The Hall–Kier alpha value is -2.25. The van der Waals surface area contributed by atoms with Gasteiger partial charge in [-0.1, -0.05) is 6.07 Å². The van der Waals surface area contributed by atoms with Crippen molar-refractivity contribution in [1.82, 2.24) is 4.72 Å². The third kappa shape index (κ3) is 3.57. The third-order valence-electron chi connectivity index (χ3n) is 4.43. The van der Waals surface area contributed by atoms with Gasteiger partial charge in [0.25, 0.3) is 0 Å². The number of nitrogens with zero attached hydrogens (tertiary/aromatic N) is 1. The van der Waals surface area contributed by atoms with E-state index in [9.17, 15) is 17.6 Å². The number of aryl methyl sites for hydroxylation is 2. The molecular formula is C18H19FN2O3S. The average Bonchev–Trinajstić information content (AvgIpc) is 2.91. The normalized spacial score (nSPS) is 18.0. The van der Waals surface area contributed by atoms with Crippen LogP contribution in [0.15, 0.2) is 47.4 Å². The lowest BCUT2D eigenvalue weighted by Crippen LogP contribution is -2.41. The summed E-state index contributed by atoms with van der Waals surface area (Å²) in [5.74, 6) is -0.800. The summed E-state index contributed by atoms with van der Waals surface area (Å²) >= 11 is 0. The Morgan fingerprint density at radius 1 is 1.08 bits per heavy atom. The Labute approximate surface area is 146 Å². The highest BCUT2D eigenvalue weighted by molar-refractivity contribution is 7.89. The molecule has 0 aliphatic carbocycles. The van der Waals surface area contributed by atoms with Gasteiger partial charge in [0.15, 0.2) is 0 Å². The fourth-order valence-corrected chi connectivity index (χ4v) is 4.03. The van der Waals surface area contributed by atoms with Crippen molar-refractivity contribution < 1.29 is 17.6 Å². The quantitative estimate of drug-likeness (QED) is 0.909. The second-order valence-electron chi connectivity index (χ2n) is 6.17. The second kappa shape index (κ2) is 6.57. The van der Waals surface area contributed by atoms with Gasteiger partial charge in [0.1, 0.15) is 11.9 Å². The molecule has 1 aliphatic rings. The molecule has 2 aromatic carbocycles. The van der Waals surface area contributed by atoms with Crippen LogP contribution >= 0.6 is 0 Å². The van der Waals surface area contributed by atoms with Gasteiger partial charge in [0.2, 0.25) is 15.9 Å². The number of hydrogen-bond acceptors (Lipinski definition) is 3. The van der Waals surface area contributed by atoms with Gasteiger partial charge < -0.3 is 4.90 Å². The summed E-state index contributed by atoms with van der Waals surface area (Å²) in [6.07, 6.45) is 0.381. The molecule has 0 bridgehead atoms. The number of rotatable bonds is 4. The van der Waals surface area contributed by atoms with Crippen LogP contribution in [-0.2, 0) is 14.8 Å². The molecule has 2 aromatic rings. The van der Waals surface area contributed by atoms with Crippen LogP contribution in [-0.4, -0.2) is 26.9 Å². The van der Waals surface area contributed by atoms with Crippen molar-refractivity contribution in [3.8, 4) is 0 Å². The third-order valence-corrected chi connectivity index (χ3v) is 5.92. The number of sulfonamides is 1. The lowest BCUT2D eigenvalue weighted by molar-refractivity contribution is -0.118. The summed E-state index contributed by atoms with van der Waals surface area (Å²) in [6, 6.07) is 9.40. The molecule has 1 amide bonds. The van der Waals surface area contributed by atoms with Gasteiger partial charge in [-0.3, -0.25) is 4.79 Å². The zero-order valence-corrected chi connectivity index (χ0v) is 14.8. The molecule has 25 heavy (non-hydrogen) atoms. The van der Waals surface area contributed by atoms with Gasteiger partial charge >= 0.3 is 0 Å². The number of anilines is 1. The minimum absolute atomic E-state index is 0.0636. The maximum absolute atomic E-state index is 13.0. The summed E-state index contributed by atoms with van der Waals surface area (Å²) < 4.78 is 40.2. The molecule has 1 fully saturated rings. The van der Waals surface area contributed by atoms with E-state index < -0.39 is 21.9 Å². The Morgan fingerprint density at radius 3 is 2.40 bits per heavy atom. The van der Waals surface area contributed by atoms with Crippen molar-refractivity contribution in [2.45, 2.75) is 31.2 Å². The first-order valence-electron chi connectivity index (χ1n) is 7.94. The minimum Gasteiger partial charge on any atom is -0.311 e. The van der Waals surface area contributed by atoms with Crippen LogP contribution in [0.4, 0.5) is 10.1 Å². The molecule has 0 radical (unpaired) electrons. The van der Waals surface area contributed by atoms with E-state index in [-0.39, 0.29) is 10.8 Å². The van der Waals surface area contributed by atoms with Crippen molar-refractivity contribution in [2.24, 2.45) is 0 Å². The van der Waals surface area contributed by atoms with Gasteiger partial charge in [-0.05, 0) is 67.8 Å². The molecular weight excluding hydrogens is 343 g/mol. The van der Waals surface area contributed by atoms with Crippen molar-refractivity contribution in [1.29, 1.82) is 0 Å². The fourth-order valence-electron chi connectivity index (χ4n) is 2.81. The van der Waals surface area contributed by atoms with Crippen LogP contribution < -0.4 is 9.62 Å². The van der Waals surface area contributed by atoms with Crippen LogP contribution in [0.5, 0.6) is 0 Å². The van der Waals surface area contributed by atoms with Gasteiger partial charge in [-0.2, -0.15) is 4.72 Å². The topological polar surface area (TPSA) is 66.5 Å². The van der Waals surface area contributed by atoms with Crippen molar-refractivity contribution >= 4 is 21.6 Å². The van der Waals surface area contributed by atoms with E-state index in [0.717, 1.165) is 28.9 Å². The number of hydrogen-bond donors (Lipinski definition) is 1. The largest absolute Gasteiger partial charge is 0.311 e. The first-order chi connectivity index (χ1) is 11.8. The Kier molecular flexibility index (Phi) is 4.62. The molecule has 3 rings (SSSR count). The van der Waals surface area contributed by atoms with Crippen molar-refractivity contribution in [3.63, 3.8) is 0 Å². The monoisotopic (exact) mass is 362 g/mol. The number of benzene rings is 2. The number of halogens is 1. The van der Waals surface area contributed by atoms with E-state index in [1.807, 2.05) is 32.0 Å². The fraction of sp³-hybridized carbons (Fsp3) is 0.278. The first kappa shape index (κ1) is 17.6. The predicted octanol–water partition coefficient (Wildman–Crippen LogP) is 2.53. The van der Waals surface area contributed by atoms with Crippen LogP contribution in [0.25, 0.3) is 0 Å². The van der Waals surface area contributed by atoms with Crippen molar-refractivity contribution in [2.75, 3.05) is 11.4 Å². The van der Waals surface area contributed by atoms with Gasteiger partial charge in [-0.25, -0.2) is 12.8 Å². The zero-order valence-electron chi connectivity index (χ0n) is 14.0. The first-order valence-corrected chi connectivity index (χ1v) is 9.43. The number of carbonyl (C=O) groups excluding carboxylic acids is 1. The van der Waals surface area contributed by atoms with E-state index in [2.05, 4.69) is 4.72 Å². The summed E-state index contributed by atoms with van der Waals surface area (Å²) in [5, 5.41) is 0. The number of amides is 1. The lowest BCUT2D eigenvalue weighted by Gasteiger charge is -2.18. The maximum Gasteiger partial charge on any atom is 0.245 e. The van der Waals surface area contributed by atoms with Crippen molar-refractivity contribution in [3.05, 3.63) is 59.4 Å². The molecule has 5 nitrogen and oxygen atoms in total. The molecule has 0 spiro atoms. The SMILES string of the molecule is Cc1ccc(N2CCC(NS(=O)(=O)c3ccc(F)cc3)C2=O)cc1C. The summed E-state index contributed by atoms with van der Waals surface area (Å²) in [6.45, 7) is 4.40. The lowest BCUT2D eigenvalue weighted by atomic mass is 10.1. The summed E-state index contributed by atoms with van der Waals surface area (Å²) in [5.41, 5.74) is 2.96. The molecule has 1 unspecified atom stereocenters. The minimum atomic E-state index is -3.88. The molecule has 1 aliphatic heterocycles. The van der Waals surface area contributed by atoms with Gasteiger partial charge in [0, 0.05) is 12.2 Å². The molecule has 1 saturated heterocycles.